The van der Waals surface area contributed by atoms with Gasteiger partial charge in [-0.2, -0.15) is 0 Å². The SMILES string of the molecule is CSc1cc(NC(=O)C2CCN(C(=O)N3CCCC3)CC2)ncn1. The summed E-state index contributed by atoms with van der Waals surface area (Å²) in [5, 5.41) is 3.69. The average molecular weight is 349 g/mol. The molecule has 0 aliphatic carbocycles. The van der Waals surface area contributed by atoms with Gasteiger partial charge in [-0.3, -0.25) is 4.79 Å². The molecule has 0 atom stereocenters. The van der Waals surface area contributed by atoms with Crippen LogP contribution in [0.2, 0.25) is 0 Å². The first-order chi connectivity index (χ1) is 11.7. The van der Waals surface area contributed by atoms with E-state index in [0.717, 1.165) is 31.0 Å². The second kappa shape index (κ2) is 7.83. The van der Waals surface area contributed by atoms with Gasteiger partial charge in [0, 0.05) is 38.2 Å². The van der Waals surface area contributed by atoms with Crippen molar-refractivity contribution in [3.63, 3.8) is 0 Å². The van der Waals surface area contributed by atoms with Gasteiger partial charge < -0.3 is 15.1 Å². The van der Waals surface area contributed by atoms with E-state index in [4.69, 9.17) is 0 Å². The fraction of sp³-hybridized carbons (Fsp3) is 0.625. The van der Waals surface area contributed by atoms with Gasteiger partial charge in [0.05, 0.1) is 0 Å². The maximum absolute atomic E-state index is 12.4. The van der Waals surface area contributed by atoms with Crippen molar-refractivity contribution in [1.29, 1.82) is 0 Å². The standard InChI is InChI=1S/C16H23N5O2S/c1-24-14-10-13(17-11-18-14)19-15(22)12-4-8-21(9-5-12)16(23)20-6-2-3-7-20/h10-12H,2-9H2,1H3,(H,17,18,19,22). The Kier molecular flexibility index (Phi) is 5.55. The number of anilines is 1. The number of carbonyl (C=O) groups is 2. The van der Waals surface area contributed by atoms with Crippen molar-refractivity contribution in [2.24, 2.45) is 5.92 Å². The molecule has 130 valence electrons. The topological polar surface area (TPSA) is 78.4 Å². The Hall–Kier alpha value is -1.83. The van der Waals surface area contributed by atoms with Crippen LogP contribution in [-0.2, 0) is 4.79 Å². The molecular formula is C16H23N5O2S. The summed E-state index contributed by atoms with van der Waals surface area (Å²) in [7, 11) is 0. The summed E-state index contributed by atoms with van der Waals surface area (Å²) in [6, 6.07) is 1.90. The third-order valence-electron chi connectivity index (χ3n) is 4.62. The minimum Gasteiger partial charge on any atom is -0.325 e. The fourth-order valence-electron chi connectivity index (χ4n) is 3.19. The van der Waals surface area contributed by atoms with E-state index in [0.29, 0.717) is 31.7 Å². The quantitative estimate of drug-likeness (QED) is 0.667. The van der Waals surface area contributed by atoms with E-state index >= 15 is 0 Å². The molecule has 3 rings (SSSR count). The zero-order chi connectivity index (χ0) is 16.9. The van der Waals surface area contributed by atoms with Gasteiger partial charge in [0.1, 0.15) is 17.2 Å². The summed E-state index contributed by atoms with van der Waals surface area (Å²) < 4.78 is 0. The number of thioether (sulfide) groups is 1. The molecule has 2 saturated heterocycles. The van der Waals surface area contributed by atoms with Crippen LogP contribution in [0.5, 0.6) is 0 Å². The number of piperidine rings is 1. The molecule has 8 heteroatoms. The van der Waals surface area contributed by atoms with Gasteiger partial charge in [0.2, 0.25) is 5.91 Å². The van der Waals surface area contributed by atoms with Crippen LogP contribution in [-0.4, -0.2) is 64.1 Å². The van der Waals surface area contributed by atoms with Crippen molar-refractivity contribution in [2.75, 3.05) is 37.8 Å². The highest BCUT2D eigenvalue weighted by molar-refractivity contribution is 7.98. The molecule has 0 aromatic carbocycles. The summed E-state index contributed by atoms with van der Waals surface area (Å²) in [6.07, 6.45) is 6.99. The summed E-state index contributed by atoms with van der Waals surface area (Å²) in [6.45, 7) is 3.02. The Balaban J connectivity index is 1.50. The van der Waals surface area contributed by atoms with Crippen LogP contribution in [0.3, 0.4) is 0 Å². The number of nitrogens with one attached hydrogen (secondary N) is 1. The van der Waals surface area contributed by atoms with E-state index in [1.165, 1.54) is 18.1 Å². The average Bonchev–Trinajstić information content (AvgIpc) is 3.16. The molecule has 24 heavy (non-hydrogen) atoms. The lowest BCUT2D eigenvalue weighted by Crippen LogP contribution is -2.47. The van der Waals surface area contributed by atoms with Gasteiger partial charge in [-0.15, -0.1) is 11.8 Å². The van der Waals surface area contributed by atoms with Crippen molar-refractivity contribution in [2.45, 2.75) is 30.7 Å². The first-order valence-electron chi connectivity index (χ1n) is 8.38. The number of hydrogen-bond donors (Lipinski definition) is 1. The first kappa shape index (κ1) is 17.0. The number of aromatic nitrogens is 2. The molecule has 1 N–H and O–H groups in total. The molecule has 7 nitrogen and oxygen atoms in total. The van der Waals surface area contributed by atoms with Crippen molar-refractivity contribution in [1.82, 2.24) is 19.8 Å². The molecular weight excluding hydrogens is 326 g/mol. The molecule has 2 aliphatic rings. The summed E-state index contributed by atoms with van der Waals surface area (Å²) in [5.74, 6) is 0.448. The smallest absolute Gasteiger partial charge is 0.319 e. The van der Waals surface area contributed by atoms with Crippen molar-refractivity contribution in [3.05, 3.63) is 12.4 Å². The van der Waals surface area contributed by atoms with Crippen molar-refractivity contribution >= 4 is 29.5 Å². The molecule has 3 amide bonds. The Bertz CT molecular complexity index is 598. The van der Waals surface area contributed by atoms with Gasteiger partial charge in [-0.05, 0) is 31.9 Å². The van der Waals surface area contributed by atoms with Gasteiger partial charge in [-0.25, -0.2) is 14.8 Å². The molecule has 1 aromatic heterocycles. The summed E-state index contributed by atoms with van der Waals surface area (Å²) >= 11 is 1.51. The summed E-state index contributed by atoms with van der Waals surface area (Å²) in [5.41, 5.74) is 0. The Labute approximate surface area is 146 Å². The number of nitrogens with zero attached hydrogens (tertiary/aromatic N) is 4. The Morgan fingerprint density at radius 1 is 1.12 bits per heavy atom. The van der Waals surface area contributed by atoms with E-state index < -0.39 is 0 Å². The minimum absolute atomic E-state index is 0.0194. The molecule has 3 heterocycles. The predicted molar refractivity (Wildman–Crippen MR) is 92.9 cm³/mol. The molecule has 0 unspecified atom stereocenters. The van der Waals surface area contributed by atoms with E-state index in [9.17, 15) is 9.59 Å². The van der Waals surface area contributed by atoms with Crippen LogP contribution in [0.1, 0.15) is 25.7 Å². The molecule has 0 bridgehead atoms. The number of likely N-dealkylation sites (tertiary alicyclic amines) is 2. The lowest BCUT2D eigenvalue weighted by molar-refractivity contribution is -0.121. The molecule has 2 fully saturated rings. The third kappa shape index (κ3) is 3.98. The highest BCUT2D eigenvalue weighted by atomic mass is 32.2. The van der Waals surface area contributed by atoms with Crippen LogP contribution in [0.4, 0.5) is 10.6 Å². The summed E-state index contributed by atoms with van der Waals surface area (Å²) in [4.78, 5) is 36.8. The van der Waals surface area contributed by atoms with Crippen LogP contribution >= 0.6 is 11.8 Å². The second-order valence-electron chi connectivity index (χ2n) is 6.17. The van der Waals surface area contributed by atoms with Crippen LogP contribution in [0.15, 0.2) is 17.4 Å². The Morgan fingerprint density at radius 3 is 2.46 bits per heavy atom. The number of amides is 3. The zero-order valence-electron chi connectivity index (χ0n) is 13.9. The van der Waals surface area contributed by atoms with E-state index in [-0.39, 0.29) is 17.9 Å². The van der Waals surface area contributed by atoms with Crippen molar-refractivity contribution in [3.8, 4) is 0 Å². The lowest BCUT2D eigenvalue weighted by atomic mass is 9.96. The van der Waals surface area contributed by atoms with Crippen molar-refractivity contribution < 1.29 is 9.59 Å². The maximum Gasteiger partial charge on any atom is 0.319 e. The van der Waals surface area contributed by atoms with Gasteiger partial charge in [-0.1, -0.05) is 0 Å². The molecule has 0 spiro atoms. The molecule has 2 aliphatic heterocycles. The van der Waals surface area contributed by atoms with Gasteiger partial charge in [0.15, 0.2) is 0 Å². The van der Waals surface area contributed by atoms with Crippen LogP contribution in [0.25, 0.3) is 0 Å². The highest BCUT2D eigenvalue weighted by Crippen LogP contribution is 2.22. The lowest BCUT2D eigenvalue weighted by Gasteiger charge is -2.33. The number of carbonyl (C=O) groups excluding carboxylic acids is 2. The van der Waals surface area contributed by atoms with Crippen LogP contribution in [0, 0.1) is 5.92 Å². The first-order valence-corrected chi connectivity index (χ1v) is 9.60. The monoisotopic (exact) mass is 349 g/mol. The number of rotatable bonds is 3. The maximum atomic E-state index is 12.4. The van der Waals surface area contributed by atoms with E-state index in [2.05, 4.69) is 15.3 Å². The van der Waals surface area contributed by atoms with Gasteiger partial charge >= 0.3 is 6.03 Å². The fourth-order valence-corrected chi connectivity index (χ4v) is 3.57. The van der Waals surface area contributed by atoms with E-state index in [1.54, 1.807) is 6.07 Å². The Morgan fingerprint density at radius 2 is 1.79 bits per heavy atom. The largest absolute Gasteiger partial charge is 0.325 e. The second-order valence-corrected chi connectivity index (χ2v) is 7.00. The molecule has 1 aromatic rings. The molecule has 0 radical (unpaired) electrons. The zero-order valence-corrected chi connectivity index (χ0v) is 14.7. The highest BCUT2D eigenvalue weighted by Gasteiger charge is 2.30. The van der Waals surface area contributed by atoms with Gasteiger partial charge in [0.25, 0.3) is 0 Å². The number of urea groups is 1. The van der Waals surface area contributed by atoms with E-state index in [1.807, 2.05) is 16.1 Å². The van der Waals surface area contributed by atoms with Crippen LogP contribution < -0.4 is 5.32 Å². The minimum atomic E-state index is -0.0691. The normalized spacial score (nSPS) is 18.7. The molecule has 0 saturated carbocycles. The third-order valence-corrected chi connectivity index (χ3v) is 5.26. The predicted octanol–water partition coefficient (Wildman–Crippen LogP) is 2.06. The number of hydrogen-bond acceptors (Lipinski definition) is 5.